The number of aryl methyl sites for hydroxylation is 2. The Bertz CT molecular complexity index is 637. The van der Waals surface area contributed by atoms with Gasteiger partial charge in [-0.15, -0.1) is 0 Å². The van der Waals surface area contributed by atoms with Crippen LogP contribution in [0.25, 0.3) is 0 Å². The Morgan fingerprint density at radius 1 is 1.37 bits per heavy atom. The smallest absolute Gasteiger partial charge is 0.266 e. The summed E-state index contributed by atoms with van der Waals surface area (Å²) >= 11 is 2.02. The van der Waals surface area contributed by atoms with Crippen LogP contribution in [0.4, 0.5) is 5.69 Å². The Balaban J connectivity index is 2.04. The molecule has 0 aliphatic heterocycles. The largest absolute Gasteiger partial charge is 0.383 e. The lowest BCUT2D eigenvalue weighted by atomic mass is 10.2. The minimum Gasteiger partial charge on any atom is -0.383 e. The van der Waals surface area contributed by atoms with Gasteiger partial charge >= 0.3 is 0 Å². The maximum atomic E-state index is 12.0. The lowest BCUT2D eigenvalue weighted by Gasteiger charge is -2.11. The molecular formula is C14H16IN3O. The molecular weight excluding hydrogens is 353 g/mol. The molecule has 19 heavy (non-hydrogen) atoms. The van der Waals surface area contributed by atoms with E-state index < -0.39 is 0 Å². The molecule has 0 atom stereocenters. The van der Waals surface area contributed by atoms with E-state index >= 15 is 0 Å². The zero-order chi connectivity index (χ0) is 13.8. The van der Waals surface area contributed by atoms with Crippen LogP contribution in [0.1, 0.15) is 11.4 Å². The monoisotopic (exact) mass is 369 g/mol. The molecule has 0 saturated carbocycles. The van der Waals surface area contributed by atoms with Gasteiger partial charge in [-0.2, -0.15) is 0 Å². The topological polar surface area (TPSA) is 46.9 Å². The van der Waals surface area contributed by atoms with Crippen LogP contribution in [0.5, 0.6) is 0 Å². The number of aromatic nitrogens is 2. The molecule has 0 amide bonds. The minimum atomic E-state index is 0.0270. The molecule has 0 saturated heterocycles. The molecule has 2 aromatic rings. The molecule has 1 heterocycles. The van der Waals surface area contributed by atoms with Crippen molar-refractivity contribution in [1.29, 1.82) is 0 Å². The number of benzene rings is 1. The van der Waals surface area contributed by atoms with Crippen molar-refractivity contribution >= 4 is 28.3 Å². The first-order valence-corrected chi connectivity index (χ1v) is 7.18. The van der Waals surface area contributed by atoms with Gasteiger partial charge in [-0.3, -0.25) is 9.36 Å². The SMILES string of the molecule is Cc1cccc(NCCn2c(C)ncc(I)c2=O)c1. The molecule has 1 N–H and O–H groups in total. The second kappa shape index (κ2) is 6.18. The van der Waals surface area contributed by atoms with Crippen molar-refractivity contribution in [3.05, 3.63) is 55.8 Å². The average molecular weight is 369 g/mol. The van der Waals surface area contributed by atoms with E-state index in [1.54, 1.807) is 10.8 Å². The lowest BCUT2D eigenvalue weighted by Crippen LogP contribution is -2.28. The molecule has 1 aromatic carbocycles. The number of rotatable bonds is 4. The van der Waals surface area contributed by atoms with E-state index in [4.69, 9.17) is 0 Å². The number of anilines is 1. The van der Waals surface area contributed by atoms with E-state index in [2.05, 4.69) is 29.4 Å². The summed E-state index contributed by atoms with van der Waals surface area (Å²) in [5, 5.41) is 3.32. The Hall–Kier alpha value is -1.37. The first-order chi connectivity index (χ1) is 9.08. The minimum absolute atomic E-state index is 0.0270. The zero-order valence-electron chi connectivity index (χ0n) is 11.0. The third-order valence-electron chi connectivity index (χ3n) is 2.89. The van der Waals surface area contributed by atoms with Gasteiger partial charge in [0.05, 0.1) is 3.57 Å². The normalized spacial score (nSPS) is 10.5. The van der Waals surface area contributed by atoms with Crippen LogP contribution in [0.3, 0.4) is 0 Å². The van der Waals surface area contributed by atoms with Gasteiger partial charge in [0.2, 0.25) is 0 Å². The van der Waals surface area contributed by atoms with E-state index in [9.17, 15) is 4.79 Å². The van der Waals surface area contributed by atoms with Gasteiger partial charge in [0.15, 0.2) is 0 Å². The van der Waals surface area contributed by atoms with E-state index in [0.717, 1.165) is 11.5 Å². The highest BCUT2D eigenvalue weighted by molar-refractivity contribution is 14.1. The molecule has 4 nitrogen and oxygen atoms in total. The fourth-order valence-electron chi connectivity index (χ4n) is 1.88. The van der Waals surface area contributed by atoms with Gasteiger partial charge in [-0.05, 0) is 54.1 Å². The van der Waals surface area contributed by atoms with Gasteiger partial charge in [0.25, 0.3) is 5.56 Å². The summed E-state index contributed by atoms with van der Waals surface area (Å²) in [5.74, 6) is 0.747. The summed E-state index contributed by atoms with van der Waals surface area (Å²) in [6.45, 7) is 5.22. The highest BCUT2D eigenvalue weighted by Gasteiger charge is 2.04. The third-order valence-corrected chi connectivity index (χ3v) is 3.63. The standard InChI is InChI=1S/C14H16IN3O/c1-10-4-3-5-12(8-10)16-6-7-18-11(2)17-9-13(15)14(18)19/h3-5,8-9,16H,6-7H2,1-2H3. The lowest BCUT2D eigenvalue weighted by molar-refractivity contribution is 0.648. The summed E-state index contributed by atoms with van der Waals surface area (Å²) < 4.78 is 2.35. The molecule has 0 unspecified atom stereocenters. The van der Waals surface area contributed by atoms with Crippen LogP contribution in [-0.2, 0) is 6.54 Å². The highest BCUT2D eigenvalue weighted by Crippen LogP contribution is 2.09. The van der Waals surface area contributed by atoms with Gasteiger partial charge in [-0.25, -0.2) is 4.98 Å². The zero-order valence-corrected chi connectivity index (χ0v) is 13.1. The molecule has 0 spiro atoms. The van der Waals surface area contributed by atoms with Crippen LogP contribution in [0.2, 0.25) is 0 Å². The molecule has 2 rings (SSSR count). The summed E-state index contributed by atoms with van der Waals surface area (Å²) in [7, 11) is 0. The maximum Gasteiger partial charge on any atom is 0.266 e. The molecule has 5 heteroatoms. The molecule has 0 radical (unpaired) electrons. The summed E-state index contributed by atoms with van der Waals surface area (Å²) in [5.41, 5.74) is 2.32. The van der Waals surface area contributed by atoms with Crippen molar-refractivity contribution in [2.75, 3.05) is 11.9 Å². The number of nitrogens with zero attached hydrogens (tertiary/aromatic N) is 2. The van der Waals surface area contributed by atoms with Gasteiger partial charge in [0, 0.05) is 25.0 Å². The van der Waals surface area contributed by atoms with Gasteiger partial charge in [-0.1, -0.05) is 12.1 Å². The number of nitrogens with one attached hydrogen (secondary N) is 1. The fourth-order valence-corrected chi connectivity index (χ4v) is 2.31. The molecule has 0 aliphatic rings. The molecule has 100 valence electrons. The second-order valence-corrected chi connectivity index (χ2v) is 5.57. The Kier molecular flexibility index (Phi) is 4.57. The first kappa shape index (κ1) is 14.0. The van der Waals surface area contributed by atoms with Crippen LogP contribution in [0.15, 0.2) is 35.3 Å². The third kappa shape index (κ3) is 3.56. The van der Waals surface area contributed by atoms with Crippen molar-refractivity contribution in [3.8, 4) is 0 Å². The van der Waals surface area contributed by atoms with Crippen molar-refractivity contribution in [3.63, 3.8) is 0 Å². The average Bonchev–Trinajstić information content (AvgIpc) is 2.38. The van der Waals surface area contributed by atoms with E-state index in [1.807, 2.05) is 41.6 Å². The number of hydrogen-bond acceptors (Lipinski definition) is 3. The van der Waals surface area contributed by atoms with Crippen molar-refractivity contribution in [2.24, 2.45) is 0 Å². The number of hydrogen-bond donors (Lipinski definition) is 1. The van der Waals surface area contributed by atoms with Crippen molar-refractivity contribution in [2.45, 2.75) is 20.4 Å². The summed E-state index contributed by atoms with van der Waals surface area (Å²) in [4.78, 5) is 16.2. The van der Waals surface area contributed by atoms with Gasteiger partial charge in [0.1, 0.15) is 5.82 Å². The Labute approximate surface area is 126 Å². The molecule has 1 aromatic heterocycles. The van der Waals surface area contributed by atoms with E-state index in [-0.39, 0.29) is 5.56 Å². The van der Waals surface area contributed by atoms with E-state index in [1.165, 1.54) is 5.56 Å². The van der Waals surface area contributed by atoms with Crippen LogP contribution >= 0.6 is 22.6 Å². The predicted octanol–water partition coefficient (Wildman–Crippen LogP) is 2.58. The highest BCUT2D eigenvalue weighted by atomic mass is 127. The van der Waals surface area contributed by atoms with Crippen molar-refractivity contribution in [1.82, 2.24) is 9.55 Å². The second-order valence-electron chi connectivity index (χ2n) is 4.41. The number of halogens is 1. The van der Waals surface area contributed by atoms with E-state index in [0.29, 0.717) is 16.7 Å². The molecule has 0 fully saturated rings. The van der Waals surface area contributed by atoms with Crippen LogP contribution in [-0.4, -0.2) is 16.1 Å². The predicted molar refractivity (Wildman–Crippen MR) is 85.6 cm³/mol. The first-order valence-electron chi connectivity index (χ1n) is 6.10. The summed E-state index contributed by atoms with van der Waals surface area (Å²) in [6, 6.07) is 8.18. The van der Waals surface area contributed by atoms with Crippen LogP contribution < -0.4 is 10.9 Å². The quantitative estimate of drug-likeness (QED) is 0.843. The maximum absolute atomic E-state index is 12.0. The fraction of sp³-hybridized carbons (Fsp3) is 0.286. The van der Waals surface area contributed by atoms with Crippen LogP contribution in [0, 0.1) is 17.4 Å². The Morgan fingerprint density at radius 2 is 2.16 bits per heavy atom. The molecule has 0 aliphatic carbocycles. The Morgan fingerprint density at radius 3 is 2.89 bits per heavy atom. The van der Waals surface area contributed by atoms with Crippen molar-refractivity contribution < 1.29 is 0 Å². The summed E-state index contributed by atoms with van der Waals surface area (Å²) in [6.07, 6.45) is 1.61. The van der Waals surface area contributed by atoms with Gasteiger partial charge < -0.3 is 5.32 Å². The molecule has 0 bridgehead atoms.